The first-order valence-corrected chi connectivity index (χ1v) is 8.70. The van der Waals surface area contributed by atoms with Crippen LogP contribution in [0.2, 0.25) is 0 Å². The van der Waals surface area contributed by atoms with Crippen molar-refractivity contribution in [2.75, 3.05) is 18.4 Å². The second-order valence-electron chi connectivity index (χ2n) is 6.41. The van der Waals surface area contributed by atoms with Crippen molar-refractivity contribution in [2.45, 2.75) is 19.8 Å². The molecule has 26 heavy (non-hydrogen) atoms. The lowest BCUT2D eigenvalue weighted by Crippen LogP contribution is -2.33. The van der Waals surface area contributed by atoms with Gasteiger partial charge in [-0.05, 0) is 37.6 Å². The fraction of sp³-hybridized carbons (Fsp3) is 0.250. The summed E-state index contributed by atoms with van der Waals surface area (Å²) in [5.74, 6) is 1.11. The van der Waals surface area contributed by atoms with Crippen LogP contribution in [0.5, 0.6) is 0 Å². The van der Waals surface area contributed by atoms with Gasteiger partial charge in [-0.1, -0.05) is 17.7 Å². The number of hydrogen-bond acceptors (Lipinski definition) is 5. The molecule has 1 aromatic carbocycles. The number of carbonyl (C=O) groups excluding carboxylic acids is 1. The second kappa shape index (κ2) is 7.00. The zero-order chi connectivity index (χ0) is 17.9. The summed E-state index contributed by atoms with van der Waals surface area (Å²) in [5.41, 5.74) is 4.26. The molecule has 0 bridgehead atoms. The number of hydrogen-bond donors (Lipinski definition) is 1. The number of amides is 1. The third-order valence-corrected chi connectivity index (χ3v) is 4.62. The average molecular weight is 348 g/mol. The van der Waals surface area contributed by atoms with Crippen LogP contribution in [0.3, 0.4) is 0 Å². The number of furan rings is 1. The Morgan fingerprint density at radius 3 is 2.69 bits per heavy atom. The first-order chi connectivity index (χ1) is 12.7. The van der Waals surface area contributed by atoms with Crippen molar-refractivity contribution in [3.05, 3.63) is 71.6 Å². The number of aryl methyl sites for hydroxylation is 1. The molecule has 0 spiro atoms. The SMILES string of the molecule is Cc1ccc(Nc2ncnc3c2CCN(C(=O)c2ccco2)CC3)cc1. The monoisotopic (exact) mass is 348 g/mol. The molecule has 6 heteroatoms. The summed E-state index contributed by atoms with van der Waals surface area (Å²) in [6.45, 7) is 3.29. The Morgan fingerprint density at radius 1 is 1.12 bits per heavy atom. The lowest BCUT2D eigenvalue weighted by Gasteiger charge is -2.18. The van der Waals surface area contributed by atoms with Gasteiger partial charge in [0.1, 0.15) is 12.1 Å². The third-order valence-electron chi connectivity index (χ3n) is 4.62. The molecular formula is C20H20N4O2. The van der Waals surface area contributed by atoms with Crippen molar-refractivity contribution in [1.29, 1.82) is 0 Å². The van der Waals surface area contributed by atoms with Crippen molar-refractivity contribution < 1.29 is 9.21 Å². The molecule has 0 atom stereocenters. The van der Waals surface area contributed by atoms with Gasteiger partial charge in [0.15, 0.2) is 5.76 Å². The van der Waals surface area contributed by atoms with E-state index in [-0.39, 0.29) is 5.91 Å². The highest BCUT2D eigenvalue weighted by Crippen LogP contribution is 2.24. The van der Waals surface area contributed by atoms with Gasteiger partial charge in [0.05, 0.1) is 12.0 Å². The molecule has 0 saturated carbocycles. The van der Waals surface area contributed by atoms with Crippen molar-refractivity contribution in [3.63, 3.8) is 0 Å². The number of fused-ring (bicyclic) bond motifs is 1. The second-order valence-corrected chi connectivity index (χ2v) is 6.41. The van der Waals surface area contributed by atoms with E-state index in [9.17, 15) is 4.79 Å². The highest BCUT2D eigenvalue weighted by molar-refractivity contribution is 5.91. The van der Waals surface area contributed by atoms with E-state index in [0.717, 1.165) is 22.8 Å². The lowest BCUT2D eigenvalue weighted by molar-refractivity contribution is 0.0731. The standard InChI is InChI=1S/C20H20N4O2/c1-14-4-6-15(7-5-14)23-19-16-8-10-24(11-9-17(16)21-13-22-19)20(25)18-3-2-12-26-18/h2-7,12-13H,8-11H2,1H3,(H,21,22,23). The summed E-state index contributed by atoms with van der Waals surface area (Å²) in [5, 5.41) is 3.39. The smallest absolute Gasteiger partial charge is 0.289 e. The van der Waals surface area contributed by atoms with Crippen LogP contribution in [0.1, 0.15) is 27.4 Å². The molecule has 3 heterocycles. The number of aromatic nitrogens is 2. The fourth-order valence-corrected chi connectivity index (χ4v) is 3.17. The fourth-order valence-electron chi connectivity index (χ4n) is 3.17. The minimum Gasteiger partial charge on any atom is -0.459 e. The highest BCUT2D eigenvalue weighted by atomic mass is 16.3. The van der Waals surface area contributed by atoms with E-state index in [2.05, 4.69) is 34.3 Å². The van der Waals surface area contributed by atoms with Gasteiger partial charge in [-0.15, -0.1) is 0 Å². The van der Waals surface area contributed by atoms with Crippen LogP contribution in [-0.4, -0.2) is 33.9 Å². The Kier molecular flexibility index (Phi) is 4.39. The number of carbonyl (C=O) groups is 1. The zero-order valence-electron chi connectivity index (χ0n) is 14.6. The van der Waals surface area contributed by atoms with Crippen LogP contribution in [-0.2, 0) is 12.8 Å². The van der Waals surface area contributed by atoms with Crippen LogP contribution in [0.25, 0.3) is 0 Å². The Balaban J connectivity index is 1.54. The normalized spacial score (nSPS) is 13.8. The van der Waals surface area contributed by atoms with Crippen molar-refractivity contribution in [1.82, 2.24) is 14.9 Å². The maximum atomic E-state index is 12.6. The van der Waals surface area contributed by atoms with E-state index in [0.29, 0.717) is 31.7 Å². The number of nitrogens with zero attached hydrogens (tertiary/aromatic N) is 3. The molecule has 1 aliphatic heterocycles. The van der Waals surface area contributed by atoms with Crippen LogP contribution < -0.4 is 5.32 Å². The molecule has 0 radical (unpaired) electrons. The summed E-state index contributed by atoms with van der Waals surface area (Å²) in [4.78, 5) is 23.2. The largest absolute Gasteiger partial charge is 0.459 e. The van der Waals surface area contributed by atoms with E-state index >= 15 is 0 Å². The lowest BCUT2D eigenvalue weighted by atomic mass is 10.1. The van der Waals surface area contributed by atoms with Gasteiger partial charge >= 0.3 is 0 Å². The summed E-state index contributed by atoms with van der Waals surface area (Å²) in [6.07, 6.45) is 4.51. The number of benzene rings is 1. The molecule has 132 valence electrons. The van der Waals surface area contributed by atoms with Crippen LogP contribution in [0.4, 0.5) is 11.5 Å². The van der Waals surface area contributed by atoms with E-state index < -0.39 is 0 Å². The van der Waals surface area contributed by atoms with E-state index in [1.807, 2.05) is 17.0 Å². The molecule has 0 fully saturated rings. The zero-order valence-corrected chi connectivity index (χ0v) is 14.6. The molecule has 4 rings (SSSR count). The molecule has 1 N–H and O–H groups in total. The number of rotatable bonds is 3. The molecular weight excluding hydrogens is 328 g/mol. The van der Waals surface area contributed by atoms with Crippen LogP contribution >= 0.6 is 0 Å². The molecule has 0 aliphatic carbocycles. The summed E-state index contributed by atoms with van der Waals surface area (Å²) in [6, 6.07) is 11.6. The summed E-state index contributed by atoms with van der Waals surface area (Å²) in [7, 11) is 0. The predicted octanol–water partition coefficient (Wildman–Crippen LogP) is 3.36. The number of nitrogens with one attached hydrogen (secondary N) is 1. The molecule has 1 aliphatic rings. The van der Waals surface area contributed by atoms with Gasteiger partial charge in [-0.25, -0.2) is 9.97 Å². The van der Waals surface area contributed by atoms with Gasteiger partial charge < -0.3 is 14.6 Å². The Morgan fingerprint density at radius 2 is 1.92 bits per heavy atom. The van der Waals surface area contributed by atoms with E-state index in [1.54, 1.807) is 18.5 Å². The van der Waals surface area contributed by atoms with Crippen molar-refractivity contribution in [2.24, 2.45) is 0 Å². The minimum atomic E-state index is -0.0798. The maximum Gasteiger partial charge on any atom is 0.289 e. The minimum absolute atomic E-state index is 0.0798. The van der Waals surface area contributed by atoms with Crippen molar-refractivity contribution in [3.8, 4) is 0 Å². The van der Waals surface area contributed by atoms with Gasteiger partial charge in [0.2, 0.25) is 0 Å². The predicted molar refractivity (Wildman–Crippen MR) is 98.5 cm³/mol. The third kappa shape index (κ3) is 3.31. The Bertz CT molecular complexity index is 904. The summed E-state index contributed by atoms with van der Waals surface area (Å²) >= 11 is 0. The summed E-state index contributed by atoms with van der Waals surface area (Å²) < 4.78 is 5.25. The highest BCUT2D eigenvalue weighted by Gasteiger charge is 2.23. The molecule has 1 amide bonds. The van der Waals surface area contributed by atoms with Crippen LogP contribution in [0.15, 0.2) is 53.4 Å². The molecule has 3 aromatic rings. The Labute approximate surface area is 151 Å². The molecule has 0 unspecified atom stereocenters. The average Bonchev–Trinajstić information content (AvgIpc) is 3.10. The molecule has 6 nitrogen and oxygen atoms in total. The molecule has 0 saturated heterocycles. The van der Waals surface area contributed by atoms with E-state index in [1.165, 1.54) is 11.8 Å². The number of anilines is 2. The van der Waals surface area contributed by atoms with Crippen LogP contribution in [0, 0.1) is 6.92 Å². The maximum absolute atomic E-state index is 12.6. The van der Waals surface area contributed by atoms with Gasteiger partial charge in [-0.2, -0.15) is 0 Å². The van der Waals surface area contributed by atoms with Gasteiger partial charge in [0, 0.05) is 30.8 Å². The van der Waals surface area contributed by atoms with Gasteiger partial charge in [0.25, 0.3) is 5.91 Å². The molecule has 2 aromatic heterocycles. The Hall–Kier alpha value is -3.15. The topological polar surface area (TPSA) is 71.3 Å². The first-order valence-electron chi connectivity index (χ1n) is 8.70. The first kappa shape index (κ1) is 16.3. The van der Waals surface area contributed by atoms with Crippen molar-refractivity contribution >= 4 is 17.4 Å². The van der Waals surface area contributed by atoms with E-state index in [4.69, 9.17) is 4.42 Å². The van der Waals surface area contributed by atoms with Gasteiger partial charge in [-0.3, -0.25) is 4.79 Å². The quantitative estimate of drug-likeness (QED) is 0.786.